The van der Waals surface area contributed by atoms with Gasteiger partial charge in [0, 0.05) is 22.6 Å². The number of hydrogen-bond donors (Lipinski definition) is 1. The van der Waals surface area contributed by atoms with E-state index in [0.29, 0.717) is 5.82 Å². The van der Waals surface area contributed by atoms with Crippen LogP contribution in [0.3, 0.4) is 0 Å². The lowest BCUT2D eigenvalue weighted by atomic mass is 10.2. The Labute approximate surface area is 95.7 Å². The smallest absolute Gasteiger partial charge is 0.269 e. The second kappa shape index (κ2) is 3.90. The van der Waals surface area contributed by atoms with Gasteiger partial charge < -0.3 is 5.73 Å². The zero-order valence-corrected chi connectivity index (χ0v) is 9.32. The van der Waals surface area contributed by atoms with Gasteiger partial charge in [0.1, 0.15) is 10.8 Å². The van der Waals surface area contributed by atoms with E-state index in [-0.39, 0.29) is 5.69 Å². The Morgan fingerprint density at radius 2 is 2.00 bits per heavy atom. The molecule has 1 aromatic heterocycles. The van der Waals surface area contributed by atoms with E-state index in [1.165, 1.54) is 23.5 Å². The normalized spacial score (nSPS) is 10.3. The fraction of sp³-hybridized carbons (Fsp3) is 0.100. The number of hydrogen-bond acceptors (Lipinski definition) is 5. The monoisotopic (exact) mass is 235 g/mol. The number of nitrogens with zero attached hydrogens (tertiary/aromatic N) is 2. The molecule has 0 saturated carbocycles. The molecule has 6 heteroatoms. The van der Waals surface area contributed by atoms with Crippen LogP contribution in [0.2, 0.25) is 0 Å². The molecule has 2 rings (SSSR count). The largest absolute Gasteiger partial charge is 0.383 e. The first-order valence-corrected chi connectivity index (χ1v) is 5.37. The Kier molecular flexibility index (Phi) is 2.57. The van der Waals surface area contributed by atoms with Crippen molar-refractivity contribution in [3.8, 4) is 10.6 Å². The summed E-state index contributed by atoms with van der Waals surface area (Å²) in [6, 6.07) is 6.27. The van der Waals surface area contributed by atoms with Crippen LogP contribution in [0.25, 0.3) is 10.6 Å². The summed E-state index contributed by atoms with van der Waals surface area (Å²) < 4.78 is 0. The number of nitrogen functional groups attached to an aromatic ring is 1. The van der Waals surface area contributed by atoms with Crippen LogP contribution < -0.4 is 5.73 Å². The minimum atomic E-state index is -0.425. The Balaban J connectivity index is 2.38. The maximum Gasteiger partial charge on any atom is 0.269 e. The maximum absolute atomic E-state index is 10.5. The van der Waals surface area contributed by atoms with Gasteiger partial charge in [-0.1, -0.05) is 0 Å². The molecule has 0 aliphatic heterocycles. The zero-order valence-electron chi connectivity index (χ0n) is 8.51. The minimum absolute atomic E-state index is 0.0741. The first-order valence-electron chi connectivity index (χ1n) is 4.55. The lowest BCUT2D eigenvalue weighted by molar-refractivity contribution is -0.384. The highest BCUT2D eigenvalue weighted by molar-refractivity contribution is 7.15. The summed E-state index contributed by atoms with van der Waals surface area (Å²) in [7, 11) is 0. The van der Waals surface area contributed by atoms with Crippen LogP contribution in [0, 0.1) is 17.0 Å². The van der Waals surface area contributed by atoms with Crippen LogP contribution in [-0.2, 0) is 0 Å². The summed E-state index contributed by atoms with van der Waals surface area (Å²) in [6.07, 6.45) is 0. The van der Waals surface area contributed by atoms with Crippen LogP contribution in [-0.4, -0.2) is 9.91 Å². The van der Waals surface area contributed by atoms with Crippen LogP contribution in [0.4, 0.5) is 11.5 Å². The number of nitrogens with two attached hydrogens (primary N) is 1. The number of aromatic nitrogens is 1. The van der Waals surface area contributed by atoms with E-state index in [2.05, 4.69) is 4.98 Å². The molecular formula is C10H9N3O2S. The summed E-state index contributed by atoms with van der Waals surface area (Å²) in [5, 5.41) is 11.3. The van der Waals surface area contributed by atoms with Gasteiger partial charge in [0.05, 0.1) is 4.92 Å². The first kappa shape index (κ1) is 10.6. The highest BCUT2D eigenvalue weighted by Gasteiger charge is 2.09. The third-order valence-electron chi connectivity index (χ3n) is 2.16. The molecule has 5 nitrogen and oxygen atoms in total. The Morgan fingerprint density at radius 3 is 2.44 bits per heavy atom. The molecule has 0 atom stereocenters. The highest BCUT2D eigenvalue weighted by Crippen LogP contribution is 2.29. The number of rotatable bonds is 2. The molecule has 82 valence electrons. The topological polar surface area (TPSA) is 82.0 Å². The van der Waals surface area contributed by atoms with Gasteiger partial charge in [-0.2, -0.15) is 0 Å². The summed E-state index contributed by atoms with van der Waals surface area (Å²) in [6.45, 7) is 1.89. The van der Waals surface area contributed by atoms with Crippen LogP contribution in [0.15, 0.2) is 24.3 Å². The molecule has 0 spiro atoms. The van der Waals surface area contributed by atoms with E-state index in [0.717, 1.165) is 15.4 Å². The van der Waals surface area contributed by atoms with Crippen molar-refractivity contribution < 1.29 is 4.92 Å². The lowest BCUT2D eigenvalue weighted by Crippen LogP contribution is -1.88. The Hall–Kier alpha value is -1.95. The van der Waals surface area contributed by atoms with Crippen molar-refractivity contribution in [1.82, 2.24) is 4.98 Å². The minimum Gasteiger partial charge on any atom is -0.383 e. The summed E-state index contributed by atoms with van der Waals surface area (Å²) in [5.41, 5.74) is 6.56. The number of thiazole rings is 1. The van der Waals surface area contributed by atoms with Crippen molar-refractivity contribution in [3.63, 3.8) is 0 Å². The molecule has 0 amide bonds. The molecule has 1 aromatic carbocycles. The van der Waals surface area contributed by atoms with Crippen LogP contribution >= 0.6 is 11.3 Å². The van der Waals surface area contributed by atoms with Gasteiger partial charge in [0.25, 0.3) is 5.69 Å². The van der Waals surface area contributed by atoms with Crippen LogP contribution in [0.1, 0.15) is 4.88 Å². The maximum atomic E-state index is 10.5. The van der Waals surface area contributed by atoms with Gasteiger partial charge in [-0.15, -0.1) is 11.3 Å². The summed E-state index contributed by atoms with van der Waals surface area (Å²) >= 11 is 1.48. The number of anilines is 1. The van der Waals surface area contributed by atoms with E-state index < -0.39 is 4.92 Å². The van der Waals surface area contributed by atoms with Gasteiger partial charge in [-0.25, -0.2) is 4.98 Å². The van der Waals surface area contributed by atoms with E-state index in [1.54, 1.807) is 12.1 Å². The lowest BCUT2D eigenvalue weighted by Gasteiger charge is -1.95. The highest BCUT2D eigenvalue weighted by atomic mass is 32.1. The number of aryl methyl sites for hydroxylation is 1. The van der Waals surface area contributed by atoms with Crippen LogP contribution in [0.5, 0.6) is 0 Å². The van der Waals surface area contributed by atoms with Crippen molar-refractivity contribution in [1.29, 1.82) is 0 Å². The second-order valence-electron chi connectivity index (χ2n) is 3.26. The number of nitro benzene ring substituents is 1. The first-order chi connectivity index (χ1) is 7.58. The molecule has 0 radical (unpaired) electrons. The average molecular weight is 235 g/mol. The second-order valence-corrected chi connectivity index (χ2v) is 4.47. The third kappa shape index (κ3) is 1.87. The van der Waals surface area contributed by atoms with Gasteiger partial charge in [0.2, 0.25) is 0 Å². The third-order valence-corrected chi connectivity index (χ3v) is 3.19. The molecule has 0 saturated heterocycles. The van der Waals surface area contributed by atoms with Gasteiger partial charge in [0.15, 0.2) is 0 Å². The predicted molar refractivity (Wildman–Crippen MR) is 63.4 cm³/mol. The van der Waals surface area contributed by atoms with Gasteiger partial charge >= 0.3 is 0 Å². The number of non-ortho nitro benzene ring substituents is 1. The molecule has 0 unspecified atom stereocenters. The van der Waals surface area contributed by atoms with Gasteiger partial charge in [-0.3, -0.25) is 10.1 Å². The fourth-order valence-electron chi connectivity index (χ4n) is 1.26. The SMILES string of the molecule is Cc1sc(-c2ccc([N+](=O)[O-])cc2)nc1N. The standard InChI is InChI=1S/C10H9N3O2S/c1-6-9(11)12-10(16-6)7-2-4-8(5-3-7)13(14)15/h2-5H,11H2,1H3. The fourth-order valence-corrected chi connectivity index (χ4v) is 2.10. The Bertz CT molecular complexity index is 514. The number of nitro groups is 1. The van der Waals surface area contributed by atoms with E-state index in [9.17, 15) is 10.1 Å². The van der Waals surface area contributed by atoms with E-state index in [4.69, 9.17) is 5.73 Å². The molecule has 2 aromatic rings. The number of benzene rings is 1. The van der Waals surface area contributed by atoms with Crippen molar-refractivity contribution in [3.05, 3.63) is 39.3 Å². The van der Waals surface area contributed by atoms with Crippen molar-refractivity contribution in [2.45, 2.75) is 6.92 Å². The van der Waals surface area contributed by atoms with Crippen molar-refractivity contribution in [2.75, 3.05) is 5.73 Å². The molecule has 0 aliphatic carbocycles. The molecule has 16 heavy (non-hydrogen) atoms. The van der Waals surface area contributed by atoms with E-state index in [1.807, 2.05) is 6.92 Å². The molecule has 2 N–H and O–H groups in total. The summed E-state index contributed by atoms with van der Waals surface area (Å²) in [4.78, 5) is 15.2. The Morgan fingerprint density at radius 1 is 1.38 bits per heavy atom. The van der Waals surface area contributed by atoms with E-state index >= 15 is 0 Å². The molecule has 0 bridgehead atoms. The molecule has 0 aliphatic rings. The quantitative estimate of drug-likeness (QED) is 0.640. The molecule has 0 fully saturated rings. The molecule has 1 heterocycles. The zero-order chi connectivity index (χ0) is 11.7. The average Bonchev–Trinajstić information content (AvgIpc) is 2.59. The van der Waals surface area contributed by atoms with Crippen molar-refractivity contribution in [2.24, 2.45) is 0 Å². The van der Waals surface area contributed by atoms with Crippen molar-refractivity contribution >= 4 is 22.8 Å². The van der Waals surface area contributed by atoms with Gasteiger partial charge in [-0.05, 0) is 19.1 Å². The summed E-state index contributed by atoms with van der Waals surface area (Å²) in [5.74, 6) is 0.512. The molecular weight excluding hydrogens is 226 g/mol. The predicted octanol–water partition coefficient (Wildman–Crippen LogP) is 2.61.